The second kappa shape index (κ2) is 4.83. The van der Waals surface area contributed by atoms with Gasteiger partial charge in [0, 0.05) is 6.04 Å². The molecule has 1 rings (SSSR count). The second-order valence-electron chi connectivity index (χ2n) is 3.44. The molecule has 1 aliphatic carbocycles. The summed E-state index contributed by atoms with van der Waals surface area (Å²) in [6.45, 7) is 3.19. The minimum atomic E-state index is -2.38. The first-order valence-electron chi connectivity index (χ1n) is 4.48. The van der Waals surface area contributed by atoms with Gasteiger partial charge < -0.3 is 0 Å². The summed E-state index contributed by atoms with van der Waals surface area (Å²) >= 11 is 0. The highest BCUT2D eigenvalue weighted by Gasteiger charge is 2.32. The SMILES string of the molecule is CC(C)OON(CC(F)F)C1CC1. The van der Waals surface area contributed by atoms with Gasteiger partial charge in [0.25, 0.3) is 6.43 Å². The molecule has 0 saturated heterocycles. The van der Waals surface area contributed by atoms with Gasteiger partial charge in [-0.1, -0.05) is 0 Å². The van der Waals surface area contributed by atoms with Crippen molar-refractivity contribution in [1.82, 2.24) is 5.06 Å². The van der Waals surface area contributed by atoms with Gasteiger partial charge in [0.1, 0.15) is 0 Å². The van der Waals surface area contributed by atoms with Crippen molar-refractivity contribution >= 4 is 0 Å². The fourth-order valence-corrected chi connectivity index (χ4v) is 0.880. The fourth-order valence-electron chi connectivity index (χ4n) is 0.880. The molecule has 13 heavy (non-hydrogen) atoms. The van der Waals surface area contributed by atoms with Crippen molar-refractivity contribution in [2.45, 2.75) is 45.3 Å². The molecule has 0 amide bonds. The molecule has 0 heterocycles. The van der Waals surface area contributed by atoms with Crippen molar-refractivity contribution in [2.24, 2.45) is 0 Å². The van der Waals surface area contributed by atoms with Crippen LogP contribution in [0.25, 0.3) is 0 Å². The lowest BCUT2D eigenvalue weighted by molar-refractivity contribution is -0.447. The maximum Gasteiger partial charge on any atom is 0.253 e. The van der Waals surface area contributed by atoms with Crippen LogP contribution in [0.1, 0.15) is 26.7 Å². The zero-order chi connectivity index (χ0) is 9.84. The van der Waals surface area contributed by atoms with E-state index in [1.807, 2.05) is 0 Å². The quantitative estimate of drug-likeness (QED) is 0.478. The standard InChI is InChI=1S/C8H15F2NO2/c1-6(2)12-13-11(5-8(9)10)7-3-4-7/h6-8H,3-5H2,1-2H3. The summed E-state index contributed by atoms with van der Waals surface area (Å²) in [4.78, 5) is 9.59. The molecule has 1 saturated carbocycles. The first-order valence-corrected chi connectivity index (χ1v) is 4.48. The molecule has 0 N–H and O–H groups in total. The third-order valence-electron chi connectivity index (χ3n) is 1.60. The van der Waals surface area contributed by atoms with Crippen molar-refractivity contribution in [2.75, 3.05) is 6.54 Å². The van der Waals surface area contributed by atoms with E-state index >= 15 is 0 Å². The van der Waals surface area contributed by atoms with Crippen LogP contribution in [0.4, 0.5) is 8.78 Å². The van der Waals surface area contributed by atoms with E-state index in [-0.39, 0.29) is 18.7 Å². The molecule has 0 atom stereocenters. The largest absolute Gasteiger partial charge is 0.253 e. The summed E-state index contributed by atoms with van der Waals surface area (Å²) in [5.74, 6) is 0. The Morgan fingerprint density at radius 3 is 2.38 bits per heavy atom. The molecular weight excluding hydrogens is 180 g/mol. The van der Waals surface area contributed by atoms with Crippen LogP contribution in [0, 0.1) is 0 Å². The fraction of sp³-hybridized carbons (Fsp3) is 1.00. The summed E-state index contributed by atoms with van der Waals surface area (Å²) in [7, 11) is 0. The van der Waals surface area contributed by atoms with Crippen LogP contribution >= 0.6 is 0 Å². The van der Waals surface area contributed by atoms with E-state index in [1.54, 1.807) is 13.8 Å². The average molecular weight is 195 g/mol. The van der Waals surface area contributed by atoms with Gasteiger partial charge in [-0.2, -0.15) is 0 Å². The molecule has 0 aromatic carbocycles. The van der Waals surface area contributed by atoms with E-state index in [0.717, 1.165) is 12.8 Å². The topological polar surface area (TPSA) is 21.7 Å². The number of rotatable bonds is 6. The third kappa shape index (κ3) is 4.50. The average Bonchev–Trinajstić information content (AvgIpc) is 2.78. The molecule has 0 radical (unpaired) electrons. The van der Waals surface area contributed by atoms with E-state index in [0.29, 0.717) is 0 Å². The zero-order valence-corrected chi connectivity index (χ0v) is 7.87. The van der Waals surface area contributed by atoms with Crippen molar-refractivity contribution in [3.63, 3.8) is 0 Å². The van der Waals surface area contributed by atoms with Gasteiger partial charge >= 0.3 is 0 Å². The maximum atomic E-state index is 12.0. The number of hydrogen-bond acceptors (Lipinski definition) is 3. The predicted octanol–water partition coefficient (Wildman–Crippen LogP) is 1.99. The lowest BCUT2D eigenvalue weighted by Crippen LogP contribution is -2.32. The van der Waals surface area contributed by atoms with E-state index in [1.165, 1.54) is 5.06 Å². The lowest BCUT2D eigenvalue weighted by atomic mass is 10.5. The normalized spacial score (nSPS) is 17.8. The van der Waals surface area contributed by atoms with Gasteiger partial charge in [-0.15, -0.1) is 10.1 Å². The molecule has 0 spiro atoms. The number of nitrogens with zero attached hydrogens (tertiary/aromatic N) is 1. The Balaban J connectivity index is 2.21. The van der Waals surface area contributed by atoms with Gasteiger partial charge in [-0.25, -0.2) is 13.7 Å². The molecule has 3 nitrogen and oxygen atoms in total. The van der Waals surface area contributed by atoms with Crippen LogP contribution in [-0.2, 0) is 9.88 Å². The van der Waals surface area contributed by atoms with Gasteiger partial charge in [0.15, 0.2) is 0 Å². The number of alkyl halides is 2. The van der Waals surface area contributed by atoms with Gasteiger partial charge in [0.2, 0.25) is 0 Å². The molecule has 78 valence electrons. The minimum absolute atomic E-state index is 0.112. The molecule has 0 aliphatic heterocycles. The van der Waals surface area contributed by atoms with E-state index in [2.05, 4.69) is 0 Å². The van der Waals surface area contributed by atoms with E-state index in [4.69, 9.17) is 9.88 Å². The molecule has 0 unspecified atom stereocenters. The second-order valence-corrected chi connectivity index (χ2v) is 3.44. The highest BCUT2D eigenvalue weighted by molar-refractivity contribution is 4.80. The molecule has 0 aromatic heterocycles. The third-order valence-corrected chi connectivity index (χ3v) is 1.60. The molecule has 5 heteroatoms. The highest BCUT2D eigenvalue weighted by Crippen LogP contribution is 2.27. The lowest BCUT2D eigenvalue weighted by Gasteiger charge is -2.20. The smallest absolute Gasteiger partial charge is 0.215 e. The number of halogens is 2. The summed E-state index contributed by atoms with van der Waals surface area (Å²) in [5, 5.41) is 1.23. The van der Waals surface area contributed by atoms with Crippen LogP contribution in [0.5, 0.6) is 0 Å². The van der Waals surface area contributed by atoms with Crippen LogP contribution < -0.4 is 0 Å². The Morgan fingerprint density at radius 2 is 2.00 bits per heavy atom. The van der Waals surface area contributed by atoms with Crippen LogP contribution in [0.3, 0.4) is 0 Å². The molecular formula is C8H15F2NO2. The van der Waals surface area contributed by atoms with Crippen molar-refractivity contribution in [3.05, 3.63) is 0 Å². The van der Waals surface area contributed by atoms with Crippen LogP contribution in [0.2, 0.25) is 0 Å². The zero-order valence-electron chi connectivity index (χ0n) is 7.87. The summed E-state index contributed by atoms with van der Waals surface area (Å²) in [6.07, 6.45) is -0.669. The number of hydroxylamine groups is 2. The Kier molecular flexibility index (Phi) is 4.02. The van der Waals surface area contributed by atoms with Gasteiger partial charge in [-0.3, -0.25) is 0 Å². The van der Waals surface area contributed by atoms with Crippen LogP contribution in [-0.4, -0.2) is 30.2 Å². The molecule has 0 aromatic rings. The molecule has 1 fully saturated rings. The molecule has 1 aliphatic rings. The minimum Gasteiger partial charge on any atom is -0.215 e. The monoisotopic (exact) mass is 195 g/mol. The predicted molar refractivity (Wildman–Crippen MR) is 43.0 cm³/mol. The summed E-state index contributed by atoms with van der Waals surface area (Å²) in [6, 6.07) is 0.118. The first kappa shape index (κ1) is 10.8. The Labute approximate surface area is 76.5 Å². The Bertz CT molecular complexity index is 151. The van der Waals surface area contributed by atoms with Crippen molar-refractivity contribution < 1.29 is 18.7 Å². The molecule has 0 bridgehead atoms. The van der Waals surface area contributed by atoms with E-state index in [9.17, 15) is 8.78 Å². The Hall–Kier alpha value is -0.260. The highest BCUT2D eigenvalue weighted by atomic mass is 19.3. The van der Waals surface area contributed by atoms with Crippen LogP contribution in [0.15, 0.2) is 0 Å². The maximum absolute atomic E-state index is 12.0. The van der Waals surface area contributed by atoms with Gasteiger partial charge in [0.05, 0.1) is 12.6 Å². The number of hydrogen-bond donors (Lipinski definition) is 0. The first-order chi connectivity index (χ1) is 6.09. The van der Waals surface area contributed by atoms with E-state index < -0.39 is 6.43 Å². The van der Waals surface area contributed by atoms with Crippen molar-refractivity contribution in [3.8, 4) is 0 Å². The van der Waals surface area contributed by atoms with Crippen molar-refractivity contribution in [1.29, 1.82) is 0 Å². The van der Waals surface area contributed by atoms with Gasteiger partial charge in [-0.05, 0) is 26.7 Å². The summed E-state index contributed by atoms with van der Waals surface area (Å²) < 4.78 is 24.0. The Morgan fingerprint density at radius 1 is 1.38 bits per heavy atom. The summed E-state index contributed by atoms with van der Waals surface area (Å²) in [5.41, 5.74) is 0.